The summed E-state index contributed by atoms with van der Waals surface area (Å²) in [4.78, 5) is 17.6. The summed E-state index contributed by atoms with van der Waals surface area (Å²) < 4.78 is 0.727. The normalized spacial score (nSPS) is 22.2. The van der Waals surface area contributed by atoms with Gasteiger partial charge >= 0.3 is 0 Å². The van der Waals surface area contributed by atoms with Gasteiger partial charge in [-0.3, -0.25) is 4.79 Å². The van der Waals surface area contributed by atoms with Crippen molar-refractivity contribution in [1.29, 1.82) is 0 Å². The molecule has 2 heterocycles. The van der Waals surface area contributed by atoms with Gasteiger partial charge in [-0.25, -0.2) is 4.98 Å². The number of carbonyl (C=O) groups is 1. The summed E-state index contributed by atoms with van der Waals surface area (Å²) in [7, 11) is 0. The van der Waals surface area contributed by atoms with Crippen molar-refractivity contribution in [1.82, 2.24) is 10.3 Å². The lowest BCUT2D eigenvalue weighted by molar-refractivity contribution is 0.0921. The molecule has 0 aromatic carbocycles. The minimum atomic E-state index is -0.0966. The summed E-state index contributed by atoms with van der Waals surface area (Å²) in [5, 5.41) is 5.69. The van der Waals surface area contributed by atoms with E-state index < -0.39 is 0 Å². The third-order valence-electron chi connectivity index (χ3n) is 3.63. The number of halogens is 1. The van der Waals surface area contributed by atoms with Crippen molar-refractivity contribution in [3.8, 4) is 9.88 Å². The van der Waals surface area contributed by atoms with E-state index >= 15 is 0 Å². The number of nitrogens with two attached hydrogens (primary N) is 1. The number of aromatic nitrogens is 1. The highest BCUT2D eigenvalue weighted by Gasteiger charge is 2.21. The Morgan fingerprint density at radius 3 is 2.76 bits per heavy atom. The van der Waals surface area contributed by atoms with Gasteiger partial charge in [0, 0.05) is 17.5 Å². The summed E-state index contributed by atoms with van der Waals surface area (Å²) in [6.45, 7) is 0. The number of rotatable bonds is 3. The average Bonchev–Trinajstić information content (AvgIpc) is 3.10. The van der Waals surface area contributed by atoms with Crippen molar-refractivity contribution in [2.45, 2.75) is 37.8 Å². The lowest BCUT2D eigenvalue weighted by atomic mass is 9.92. The van der Waals surface area contributed by atoms with Crippen LogP contribution in [0, 0.1) is 0 Å². The third-order valence-corrected chi connectivity index (χ3v) is 5.87. The van der Waals surface area contributed by atoms with Crippen molar-refractivity contribution >= 4 is 40.2 Å². The number of amides is 1. The predicted molar refractivity (Wildman–Crippen MR) is 88.1 cm³/mol. The molecule has 2 aromatic rings. The molecule has 0 aliphatic heterocycles. The van der Waals surface area contributed by atoms with E-state index in [-0.39, 0.29) is 18.0 Å². The summed E-state index contributed by atoms with van der Waals surface area (Å²) in [6.07, 6.45) is 3.84. The van der Waals surface area contributed by atoms with E-state index in [1.165, 1.54) is 22.7 Å². The summed E-state index contributed by atoms with van der Waals surface area (Å²) in [6, 6.07) is 4.27. The molecular weight excluding hydrogens is 326 g/mol. The smallest absolute Gasteiger partial charge is 0.270 e. The largest absolute Gasteiger partial charge is 0.348 e. The molecule has 1 aliphatic rings. The fourth-order valence-corrected chi connectivity index (χ4v) is 4.36. The van der Waals surface area contributed by atoms with Gasteiger partial charge in [0.05, 0.1) is 9.21 Å². The van der Waals surface area contributed by atoms with Crippen LogP contribution in [0.1, 0.15) is 36.2 Å². The van der Waals surface area contributed by atoms with Gasteiger partial charge in [-0.1, -0.05) is 11.6 Å². The van der Waals surface area contributed by atoms with Gasteiger partial charge in [-0.15, -0.1) is 22.7 Å². The van der Waals surface area contributed by atoms with Crippen LogP contribution in [0.25, 0.3) is 9.88 Å². The van der Waals surface area contributed by atoms with E-state index in [0.29, 0.717) is 5.69 Å². The molecule has 2 aromatic heterocycles. The molecule has 1 aliphatic carbocycles. The number of carbonyl (C=O) groups excluding carboxylic acids is 1. The third kappa shape index (κ3) is 3.63. The summed E-state index contributed by atoms with van der Waals surface area (Å²) >= 11 is 8.86. The SMILES string of the molecule is NC1CCC(NC(=O)c2csc(-c3ccc(Cl)s3)n2)CC1. The first-order chi connectivity index (χ1) is 10.1. The van der Waals surface area contributed by atoms with E-state index in [9.17, 15) is 4.79 Å². The van der Waals surface area contributed by atoms with Crippen molar-refractivity contribution in [2.24, 2.45) is 5.73 Å². The first-order valence-electron chi connectivity index (χ1n) is 6.89. The number of nitrogens with zero attached hydrogens (tertiary/aromatic N) is 1. The van der Waals surface area contributed by atoms with Crippen LogP contribution in [0.4, 0.5) is 0 Å². The molecule has 4 nitrogen and oxygen atoms in total. The maximum atomic E-state index is 12.2. The van der Waals surface area contributed by atoms with E-state index in [2.05, 4.69) is 10.3 Å². The van der Waals surface area contributed by atoms with Crippen molar-refractivity contribution in [3.05, 3.63) is 27.5 Å². The number of hydrogen-bond donors (Lipinski definition) is 2. The minimum absolute atomic E-state index is 0.0966. The quantitative estimate of drug-likeness (QED) is 0.897. The van der Waals surface area contributed by atoms with E-state index in [4.69, 9.17) is 17.3 Å². The van der Waals surface area contributed by atoms with E-state index in [1.807, 2.05) is 12.1 Å². The molecule has 0 atom stereocenters. The van der Waals surface area contributed by atoms with Gasteiger partial charge in [0.15, 0.2) is 0 Å². The molecule has 1 amide bonds. The molecule has 21 heavy (non-hydrogen) atoms. The van der Waals surface area contributed by atoms with Crippen molar-refractivity contribution in [2.75, 3.05) is 0 Å². The zero-order valence-corrected chi connectivity index (χ0v) is 13.7. The standard InChI is InChI=1S/C14H16ClN3OS2/c15-12-6-5-11(21-12)14-18-10(7-20-14)13(19)17-9-3-1-8(16)2-4-9/h5-9H,1-4,16H2,(H,17,19). The molecule has 0 bridgehead atoms. The van der Waals surface area contributed by atoms with Crippen LogP contribution in [0.3, 0.4) is 0 Å². The van der Waals surface area contributed by atoms with Crippen LogP contribution in [0.15, 0.2) is 17.5 Å². The Labute approximate surface area is 136 Å². The molecule has 0 radical (unpaired) electrons. The molecule has 1 fully saturated rings. The number of nitrogens with one attached hydrogen (secondary N) is 1. The second kappa shape index (κ2) is 6.44. The zero-order chi connectivity index (χ0) is 14.8. The van der Waals surface area contributed by atoms with E-state index in [1.54, 1.807) is 5.38 Å². The fourth-order valence-electron chi connectivity index (χ4n) is 2.44. The van der Waals surface area contributed by atoms with E-state index in [0.717, 1.165) is 39.9 Å². The van der Waals surface area contributed by atoms with Crippen molar-refractivity contribution in [3.63, 3.8) is 0 Å². The Balaban J connectivity index is 1.64. The van der Waals surface area contributed by atoms with Gasteiger partial charge in [0.2, 0.25) is 0 Å². The van der Waals surface area contributed by atoms with Gasteiger partial charge in [0.25, 0.3) is 5.91 Å². The second-order valence-electron chi connectivity index (χ2n) is 5.23. The second-order valence-corrected chi connectivity index (χ2v) is 7.80. The predicted octanol–water partition coefficient (Wildman–Crippen LogP) is 3.52. The van der Waals surface area contributed by atoms with Gasteiger partial charge in [-0.05, 0) is 37.8 Å². The Hall–Kier alpha value is -0.950. The first-order valence-corrected chi connectivity index (χ1v) is 8.97. The summed E-state index contributed by atoms with van der Waals surface area (Å²) in [5.74, 6) is -0.0966. The maximum Gasteiger partial charge on any atom is 0.270 e. The lowest BCUT2D eigenvalue weighted by Gasteiger charge is -2.26. The lowest BCUT2D eigenvalue weighted by Crippen LogP contribution is -2.40. The number of thiazole rings is 1. The monoisotopic (exact) mass is 341 g/mol. The van der Waals surface area contributed by atoms with Crippen LogP contribution in [-0.2, 0) is 0 Å². The average molecular weight is 342 g/mol. The summed E-state index contributed by atoms with van der Waals surface area (Å²) in [5.41, 5.74) is 6.36. The van der Waals surface area contributed by atoms with Crippen LogP contribution in [0.5, 0.6) is 0 Å². The Morgan fingerprint density at radius 1 is 1.33 bits per heavy atom. The highest BCUT2D eigenvalue weighted by Crippen LogP contribution is 2.33. The maximum absolute atomic E-state index is 12.2. The number of hydrogen-bond acceptors (Lipinski definition) is 5. The highest BCUT2D eigenvalue weighted by molar-refractivity contribution is 7.23. The van der Waals surface area contributed by atoms with Crippen LogP contribution < -0.4 is 11.1 Å². The van der Waals surface area contributed by atoms with Gasteiger partial charge in [0.1, 0.15) is 10.7 Å². The molecule has 3 rings (SSSR count). The van der Waals surface area contributed by atoms with Gasteiger partial charge < -0.3 is 11.1 Å². The van der Waals surface area contributed by atoms with Gasteiger partial charge in [-0.2, -0.15) is 0 Å². The molecule has 0 spiro atoms. The molecule has 0 saturated heterocycles. The fraction of sp³-hybridized carbons (Fsp3) is 0.429. The Morgan fingerprint density at radius 2 is 2.10 bits per heavy atom. The number of thiophene rings is 1. The Kier molecular flexibility index (Phi) is 4.59. The molecule has 7 heteroatoms. The van der Waals surface area contributed by atoms with Crippen molar-refractivity contribution < 1.29 is 4.79 Å². The Bertz CT molecular complexity index is 632. The molecular formula is C14H16ClN3OS2. The minimum Gasteiger partial charge on any atom is -0.348 e. The zero-order valence-electron chi connectivity index (χ0n) is 11.3. The molecule has 1 saturated carbocycles. The van der Waals surface area contributed by atoms with Crippen LogP contribution in [0.2, 0.25) is 4.34 Å². The van der Waals surface area contributed by atoms with Crippen LogP contribution in [-0.4, -0.2) is 23.0 Å². The molecule has 3 N–H and O–H groups in total. The topological polar surface area (TPSA) is 68.0 Å². The highest BCUT2D eigenvalue weighted by atomic mass is 35.5. The molecule has 0 unspecified atom stereocenters. The molecule has 112 valence electrons. The first kappa shape index (κ1) is 15.0. The van der Waals surface area contributed by atoms with Crippen LogP contribution >= 0.6 is 34.3 Å².